The van der Waals surface area contributed by atoms with Gasteiger partial charge in [0.25, 0.3) is 0 Å². The molecule has 0 saturated heterocycles. The van der Waals surface area contributed by atoms with Gasteiger partial charge in [-0.05, 0) is 73.0 Å². The average molecular weight is 306 g/mol. The van der Waals surface area contributed by atoms with Crippen molar-refractivity contribution in [2.45, 2.75) is 77.4 Å². The lowest BCUT2D eigenvalue weighted by Crippen LogP contribution is -2.59. The van der Waals surface area contributed by atoms with E-state index in [-0.39, 0.29) is 23.0 Å². The molecule has 3 unspecified atom stereocenters. The lowest BCUT2D eigenvalue weighted by Gasteiger charge is -2.61. The highest BCUT2D eigenvalue weighted by Crippen LogP contribution is 2.65. The van der Waals surface area contributed by atoms with Crippen LogP contribution in [0.25, 0.3) is 0 Å². The lowest BCUT2D eigenvalue weighted by atomic mass is 9.44. The standard InChI is InChI=1S/C19H30O3/c1-18-8-7-12(20)9-11(18)3-4-13-14-5-6-16(22)19(14,2)10-15(21)17(13)18/h11,13-17,21-22H,3-10H2,1-2H3/t11?,13-,14-,15?,16?,17-,18-,19-/m0/s1. The van der Waals surface area contributed by atoms with Gasteiger partial charge < -0.3 is 10.2 Å². The van der Waals surface area contributed by atoms with E-state index < -0.39 is 0 Å². The summed E-state index contributed by atoms with van der Waals surface area (Å²) in [6.45, 7) is 4.55. The molecular weight excluding hydrogens is 276 g/mol. The molecule has 0 radical (unpaired) electrons. The van der Waals surface area contributed by atoms with Crippen molar-refractivity contribution in [3.05, 3.63) is 0 Å². The summed E-state index contributed by atoms with van der Waals surface area (Å²) in [5.41, 5.74) is 0.0411. The predicted molar refractivity (Wildman–Crippen MR) is 84.1 cm³/mol. The van der Waals surface area contributed by atoms with Gasteiger partial charge in [0, 0.05) is 12.8 Å². The van der Waals surface area contributed by atoms with Crippen molar-refractivity contribution >= 4 is 5.78 Å². The molecule has 0 spiro atoms. The van der Waals surface area contributed by atoms with Gasteiger partial charge in [-0.1, -0.05) is 13.8 Å². The molecule has 124 valence electrons. The number of aliphatic hydroxyl groups excluding tert-OH is 2. The summed E-state index contributed by atoms with van der Waals surface area (Å²) in [4.78, 5) is 11.9. The Hall–Kier alpha value is -0.410. The van der Waals surface area contributed by atoms with Crippen LogP contribution >= 0.6 is 0 Å². The smallest absolute Gasteiger partial charge is 0.133 e. The number of Topliss-reactive ketones (excluding diaryl/α,β-unsaturated/α-hetero) is 1. The van der Waals surface area contributed by atoms with E-state index in [9.17, 15) is 15.0 Å². The minimum Gasteiger partial charge on any atom is -0.393 e. The average Bonchev–Trinajstić information content (AvgIpc) is 2.75. The monoisotopic (exact) mass is 306 g/mol. The molecule has 4 aliphatic rings. The molecule has 3 heteroatoms. The summed E-state index contributed by atoms with van der Waals surface area (Å²) in [7, 11) is 0. The van der Waals surface area contributed by atoms with Gasteiger partial charge >= 0.3 is 0 Å². The summed E-state index contributed by atoms with van der Waals surface area (Å²) >= 11 is 0. The van der Waals surface area contributed by atoms with Crippen molar-refractivity contribution in [2.75, 3.05) is 0 Å². The normalized spacial score (nSPS) is 57.9. The number of carbonyl (C=O) groups is 1. The van der Waals surface area contributed by atoms with E-state index in [0.717, 1.165) is 44.9 Å². The third kappa shape index (κ3) is 1.84. The highest BCUT2D eigenvalue weighted by atomic mass is 16.3. The molecule has 4 saturated carbocycles. The maximum Gasteiger partial charge on any atom is 0.133 e. The Morgan fingerprint density at radius 3 is 2.59 bits per heavy atom. The van der Waals surface area contributed by atoms with E-state index >= 15 is 0 Å². The first kappa shape index (κ1) is 15.1. The van der Waals surface area contributed by atoms with E-state index in [0.29, 0.717) is 35.9 Å². The minimum atomic E-state index is -0.306. The molecule has 0 heterocycles. The van der Waals surface area contributed by atoms with Crippen LogP contribution < -0.4 is 0 Å². The van der Waals surface area contributed by atoms with Gasteiger partial charge in [-0.2, -0.15) is 0 Å². The van der Waals surface area contributed by atoms with E-state index in [2.05, 4.69) is 13.8 Å². The maximum atomic E-state index is 11.9. The zero-order valence-electron chi connectivity index (χ0n) is 13.9. The first-order valence-corrected chi connectivity index (χ1v) is 9.24. The number of ketones is 1. The SMILES string of the molecule is C[C@]12CCC(=O)CC1CC[C@@H]1[C@H]2C(O)C[C@]2(C)C(O)CC[C@@H]12. The zero-order chi connectivity index (χ0) is 15.7. The molecule has 4 fully saturated rings. The fraction of sp³-hybridized carbons (Fsp3) is 0.947. The Morgan fingerprint density at radius 1 is 1.05 bits per heavy atom. The lowest BCUT2D eigenvalue weighted by molar-refractivity contribution is -0.177. The van der Waals surface area contributed by atoms with Gasteiger partial charge in [-0.3, -0.25) is 4.79 Å². The summed E-state index contributed by atoms with van der Waals surface area (Å²) in [6, 6.07) is 0. The van der Waals surface area contributed by atoms with Gasteiger partial charge in [0.1, 0.15) is 5.78 Å². The Bertz CT molecular complexity index is 489. The summed E-state index contributed by atoms with van der Waals surface area (Å²) in [6.07, 6.45) is 6.88. The van der Waals surface area contributed by atoms with Crippen molar-refractivity contribution in [1.29, 1.82) is 0 Å². The van der Waals surface area contributed by atoms with Crippen molar-refractivity contribution in [3.8, 4) is 0 Å². The molecular formula is C19H30O3. The van der Waals surface area contributed by atoms with Gasteiger partial charge in [0.15, 0.2) is 0 Å². The molecule has 0 aliphatic heterocycles. The molecule has 4 rings (SSSR count). The van der Waals surface area contributed by atoms with Crippen LogP contribution in [0.4, 0.5) is 0 Å². The molecule has 4 aliphatic carbocycles. The van der Waals surface area contributed by atoms with Crippen LogP contribution in [0.1, 0.15) is 65.2 Å². The summed E-state index contributed by atoms with van der Waals surface area (Å²) in [5, 5.41) is 21.5. The molecule has 0 amide bonds. The molecule has 2 N–H and O–H groups in total. The molecule has 0 aromatic rings. The Balaban J connectivity index is 1.69. The van der Waals surface area contributed by atoms with E-state index in [1.807, 2.05) is 0 Å². The van der Waals surface area contributed by atoms with E-state index in [1.165, 1.54) is 0 Å². The number of hydrogen-bond acceptors (Lipinski definition) is 3. The first-order chi connectivity index (χ1) is 10.4. The van der Waals surface area contributed by atoms with Crippen LogP contribution in [0.3, 0.4) is 0 Å². The second-order valence-electron chi connectivity index (χ2n) is 9.19. The van der Waals surface area contributed by atoms with Crippen LogP contribution in [0, 0.1) is 34.5 Å². The van der Waals surface area contributed by atoms with Gasteiger partial charge in [0.2, 0.25) is 0 Å². The minimum absolute atomic E-state index is 0.0890. The number of carbonyl (C=O) groups excluding carboxylic acids is 1. The number of hydrogen-bond donors (Lipinski definition) is 2. The van der Waals surface area contributed by atoms with Gasteiger partial charge in [-0.25, -0.2) is 0 Å². The largest absolute Gasteiger partial charge is 0.393 e. The molecule has 0 aromatic carbocycles. The first-order valence-electron chi connectivity index (χ1n) is 9.24. The maximum absolute atomic E-state index is 11.9. The second kappa shape index (κ2) is 4.80. The number of aliphatic hydroxyl groups is 2. The molecule has 0 aromatic heterocycles. The summed E-state index contributed by atoms with van der Waals surface area (Å²) < 4.78 is 0. The Kier molecular flexibility index (Phi) is 3.30. The molecule has 22 heavy (non-hydrogen) atoms. The van der Waals surface area contributed by atoms with Crippen molar-refractivity contribution < 1.29 is 15.0 Å². The van der Waals surface area contributed by atoms with Crippen molar-refractivity contribution in [1.82, 2.24) is 0 Å². The predicted octanol–water partition coefficient (Wildman–Crippen LogP) is 2.93. The van der Waals surface area contributed by atoms with Crippen LogP contribution in [0.15, 0.2) is 0 Å². The topological polar surface area (TPSA) is 57.5 Å². The van der Waals surface area contributed by atoms with Crippen LogP contribution in [0.5, 0.6) is 0 Å². The third-order valence-electron chi connectivity index (χ3n) is 8.36. The van der Waals surface area contributed by atoms with Crippen LogP contribution in [0.2, 0.25) is 0 Å². The zero-order valence-corrected chi connectivity index (χ0v) is 13.9. The molecule has 3 nitrogen and oxygen atoms in total. The van der Waals surface area contributed by atoms with Crippen molar-refractivity contribution in [2.24, 2.45) is 34.5 Å². The second-order valence-corrected chi connectivity index (χ2v) is 9.19. The number of rotatable bonds is 0. The molecule has 0 bridgehead atoms. The van der Waals surface area contributed by atoms with E-state index in [1.54, 1.807) is 0 Å². The summed E-state index contributed by atoms with van der Waals surface area (Å²) in [5.74, 6) is 2.34. The quantitative estimate of drug-likeness (QED) is 0.723. The Labute approximate surface area is 133 Å². The molecule has 8 atom stereocenters. The van der Waals surface area contributed by atoms with Crippen LogP contribution in [-0.2, 0) is 4.79 Å². The van der Waals surface area contributed by atoms with E-state index in [4.69, 9.17) is 0 Å². The van der Waals surface area contributed by atoms with Gasteiger partial charge in [0.05, 0.1) is 12.2 Å². The third-order valence-corrected chi connectivity index (χ3v) is 8.36. The fourth-order valence-corrected chi connectivity index (χ4v) is 7.14. The highest BCUT2D eigenvalue weighted by molar-refractivity contribution is 5.79. The highest BCUT2D eigenvalue weighted by Gasteiger charge is 2.62. The fourth-order valence-electron chi connectivity index (χ4n) is 7.14. The number of fused-ring (bicyclic) bond motifs is 5. The van der Waals surface area contributed by atoms with Crippen LogP contribution in [-0.4, -0.2) is 28.2 Å². The Morgan fingerprint density at radius 2 is 1.82 bits per heavy atom. The van der Waals surface area contributed by atoms with Gasteiger partial charge in [-0.15, -0.1) is 0 Å². The van der Waals surface area contributed by atoms with Crippen molar-refractivity contribution in [3.63, 3.8) is 0 Å².